The Labute approximate surface area is 101 Å². The third kappa shape index (κ3) is 5.69. The molecule has 0 N–H and O–H groups in total. The van der Waals surface area contributed by atoms with Crippen molar-refractivity contribution >= 4 is 8.41 Å². The summed E-state index contributed by atoms with van der Waals surface area (Å²) < 4.78 is 10.7. The van der Waals surface area contributed by atoms with E-state index in [-0.39, 0.29) is 8.41 Å². The van der Waals surface area contributed by atoms with Crippen LogP contribution in [0, 0.1) is 0 Å². The van der Waals surface area contributed by atoms with Gasteiger partial charge in [-0.2, -0.15) is 0 Å². The van der Waals surface area contributed by atoms with Crippen molar-refractivity contribution < 1.29 is 9.47 Å². The Balaban J connectivity index is 0.00000225. The van der Waals surface area contributed by atoms with E-state index in [2.05, 4.69) is 6.92 Å². The molecule has 0 fully saturated rings. The molecule has 0 saturated heterocycles. The molecular formula is C13H20BO2. The molecule has 87 valence electrons. The molecule has 0 amide bonds. The Morgan fingerprint density at radius 2 is 1.56 bits per heavy atom. The summed E-state index contributed by atoms with van der Waals surface area (Å²) >= 11 is 0. The number of benzene rings is 1. The number of rotatable bonds is 7. The summed E-state index contributed by atoms with van der Waals surface area (Å²) in [4.78, 5) is 0. The minimum Gasteiger partial charge on any atom is -0.497 e. The fourth-order valence-electron chi connectivity index (χ4n) is 1.39. The lowest BCUT2D eigenvalue weighted by Gasteiger charge is -2.06. The third-order valence-electron chi connectivity index (χ3n) is 2.33. The van der Waals surface area contributed by atoms with Gasteiger partial charge in [-0.3, -0.25) is 0 Å². The second-order valence-electron chi connectivity index (χ2n) is 3.58. The number of hydrogen-bond acceptors (Lipinski definition) is 2. The van der Waals surface area contributed by atoms with Gasteiger partial charge in [-0.15, -0.1) is 0 Å². The van der Waals surface area contributed by atoms with Crippen molar-refractivity contribution in [1.29, 1.82) is 0 Å². The molecule has 0 aromatic heterocycles. The standard InChI is InChI=1S/C13H20O2.B/c1-3-4-5-6-11-15-13-9-7-12(14-2)8-10-13;/h7-10H,3-6,11H2,1-2H3;. The highest BCUT2D eigenvalue weighted by Gasteiger charge is 1.94. The molecule has 0 aliphatic heterocycles. The highest BCUT2D eigenvalue weighted by Crippen LogP contribution is 2.17. The van der Waals surface area contributed by atoms with E-state index in [1.54, 1.807) is 7.11 Å². The van der Waals surface area contributed by atoms with Crippen molar-refractivity contribution in [2.24, 2.45) is 0 Å². The topological polar surface area (TPSA) is 18.5 Å². The van der Waals surface area contributed by atoms with Crippen LogP contribution in [0.2, 0.25) is 0 Å². The van der Waals surface area contributed by atoms with Crippen LogP contribution in [-0.4, -0.2) is 22.1 Å². The lowest BCUT2D eigenvalue weighted by atomic mass is 10.2. The second-order valence-corrected chi connectivity index (χ2v) is 3.58. The van der Waals surface area contributed by atoms with Gasteiger partial charge >= 0.3 is 0 Å². The molecule has 3 radical (unpaired) electrons. The van der Waals surface area contributed by atoms with E-state index in [1.165, 1.54) is 19.3 Å². The Morgan fingerprint density at radius 3 is 2.12 bits per heavy atom. The molecule has 1 aromatic carbocycles. The fraction of sp³-hybridized carbons (Fsp3) is 0.538. The zero-order chi connectivity index (χ0) is 10.9. The van der Waals surface area contributed by atoms with Gasteiger partial charge < -0.3 is 9.47 Å². The van der Waals surface area contributed by atoms with Gasteiger partial charge in [0.05, 0.1) is 13.7 Å². The van der Waals surface area contributed by atoms with Crippen molar-refractivity contribution in [1.82, 2.24) is 0 Å². The van der Waals surface area contributed by atoms with E-state index in [9.17, 15) is 0 Å². The summed E-state index contributed by atoms with van der Waals surface area (Å²) in [5, 5.41) is 0. The van der Waals surface area contributed by atoms with Crippen LogP contribution in [0.1, 0.15) is 32.6 Å². The summed E-state index contributed by atoms with van der Waals surface area (Å²) in [7, 11) is 1.67. The first-order chi connectivity index (χ1) is 7.36. The maximum atomic E-state index is 5.60. The fourth-order valence-corrected chi connectivity index (χ4v) is 1.39. The second kappa shape index (κ2) is 9.14. The van der Waals surface area contributed by atoms with Crippen LogP contribution in [0.3, 0.4) is 0 Å². The van der Waals surface area contributed by atoms with Crippen molar-refractivity contribution in [2.45, 2.75) is 32.6 Å². The SMILES string of the molecule is CCCCCCOc1ccc(OC)cc1.[B]. The van der Waals surface area contributed by atoms with Crippen LogP contribution < -0.4 is 9.47 Å². The molecule has 0 aliphatic rings. The van der Waals surface area contributed by atoms with Gasteiger partial charge in [-0.25, -0.2) is 0 Å². The van der Waals surface area contributed by atoms with Crippen LogP contribution in [0.5, 0.6) is 11.5 Å². The monoisotopic (exact) mass is 219 g/mol. The summed E-state index contributed by atoms with van der Waals surface area (Å²) in [6.07, 6.45) is 4.96. The van der Waals surface area contributed by atoms with Crippen molar-refractivity contribution in [3.05, 3.63) is 24.3 Å². The van der Waals surface area contributed by atoms with Gasteiger partial charge in [-0.1, -0.05) is 26.2 Å². The van der Waals surface area contributed by atoms with Crippen LogP contribution in [0.4, 0.5) is 0 Å². The van der Waals surface area contributed by atoms with Crippen LogP contribution in [0.15, 0.2) is 24.3 Å². The van der Waals surface area contributed by atoms with E-state index in [0.717, 1.165) is 24.5 Å². The maximum absolute atomic E-state index is 5.60. The Kier molecular flexibility index (Phi) is 8.50. The molecule has 2 nitrogen and oxygen atoms in total. The van der Waals surface area contributed by atoms with E-state index in [1.807, 2.05) is 24.3 Å². The van der Waals surface area contributed by atoms with E-state index < -0.39 is 0 Å². The zero-order valence-corrected chi connectivity index (χ0v) is 10.2. The lowest BCUT2D eigenvalue weighted by molar-refractivity contribution is 0.304. The van der Waals surface area contributed by atoms with Gasteiger partial charge in [-0.05, 0) is 30.7 Å². The first-order valence-electron chi connectivity index (χ1n) is 5.63. The van der Waals surface area contributed by atoms with E-state index in [4.69, 9.17) is 9.47 Å². The smallest absolute Gasteiger partial charge is 0.119 e. The van der Waals surface area contributed by atoms with Gasteiger partial charge in [0.15, 0.2) is 0 Å². The third-order valence-corrected chi connectivity index (χ3v) is 2.33. The maximum Gasteiger partial charge on any atom is 0.119 e. The number of unbranched alkanes of at least 4 members (excludes halogenated alkanes) is 3. The average molecular weight is 219 g/mol. The van der Waals surface area contributed by atoms with Crippen molar-refractivity contribution in [3.8, 4) is 11.5 Å². The first kappa shape index (κ1) is 14.9. The minimum absolute atomic E-state index is 0. The predicted octanol–water partition coefficient (Wildman–Crippen LogP) is 3.27. The van der Waals surface area contributed by atoms with Crippen LogP contribution in [0.25, 0.3) is 0 Å². The van der Waals surface area contributed by atoms with E-state index >= 15 is 0 Å². The minimum atomic E-state index is 0. The Morgan fingerprint density at radius 1 is 0.938 bits per heavy atom. The molecule has 3 heteroatoms. The number of hydrogen-bond donors (Lipinski definition) is 0. The lowest BCUT2D eigenvalue weighted by Crippen LogP contribution is -1.96. The van der Waals surface area contributed by atoms with Gasteiger partial charge in [0.1, 0.15) is 11.5 Å². The number of ether oxygens (including phenoxy) is 2. The van der Waals surface area contributed by atoms with Crippen molar-refractivity contribution in [2.75, 3.05) is 13.7 Å². The molecule has 0 aliphatic carbocycles. The summed E-state index contributed by atoms with van der Waals surface area (Å²) in [5.41, 5.74) is 0. The summed E-state index contributed by atoms with van der Waals surface area (Å²) in [6, 6.07) is 7.72. The Hall–Kier alpha value is -1.12. The van der Waals surface area contributed by atoms with E-state index in [0.29, 0.717) is 0 Å². The predicted molar refractivity (Wildman–Crippen MR) is 68.4 cm³/mol. The largest absolute Gasteiger partial charge is 0.497 e. The number of methoxy groups -OCH3 is 1. The molecule has 1 rings (SSSR count). The quantitative estimate of drug-likeness (QED) is 0.517. The summed E-state index contributed by atoms with van der Waals surface area (Å²) in [6.45, 7) is 3.02. The van der Waals surface area contributed by atoms with Gasteiger partial charge in [0.25, 0.3) is 0 Å². The average Bonchev–Trinajstić information content (AvgIpc) is 2.30. The summed E-state index contributed by atoms with van der Waals surface area (Å²) in [5.74, 6) is 1.79. The molecule has 0 saturated carbocycles. The molecule has 16 heavy (non-hydrogen) atoms. The molecule has 0 heterocycles. The van der Waals surface area contributed by atoms with Crippen LogP contribution >= 0.6 is 0 Å². The first-order valence-corrected chi connectivity index (χ1v) is 5.63. The highest BCUT2D eigenvalue weighted by atomic mass is 16.5. The highest BCUT2D eigenvalue weighted by molar-refractivity contribution is 5.75. The molecule has 0 unspecified atom stereocenters. The molecular weight excluding hydrogens is 199 g/mol. The molecule has 0 spiro atoms. The zero-order valence-electron chi connectivity index (χ0n) is 10.2. The van der Waals surface area contributed by atoms with Gasteiger partial charge in [0.2, 0.25) is 0 Å². The molecule has 0 atom stereocenters. The molecule has 0 bridgehead atoms. The normalized spacial score (nSPS) is 9.38. The van der Waals surface area contributed by atoms with Gasteiger partial charge in [0, 0.05) is 8.41 Å². The van der Waals surface area contributed by atoms with Crippen LogP contribution in [-0.2, 0) is 0 Å². The Bertz CT molecular complexity index is 259. The van der Waals surface area contributed by atoms with Crippen molar-refractivity contribution in [3.63, 3.8) is 0 Å². The molecule has 1 aromatic rings.